The molecule has 1 aromatic carbocycles. The number of hydrogen-bond acceptors (Lipinski definition) is 6. The standard InChI is InChI=1S/C14H17NO6.H2/c16-6-10-11(17)12(18)13(19)14(21-10)20-9-5-15-8-4-2-1-3-7(8)9;/h1-5,10-19H,6H2;1H/t10-,11-,12+,13-,14-;/m1./s1/i;1+1. The molecule has 0 radical (unpaired) electrons. The summed E-state index contributed by atoms with van der Waals surface area (Å²) < 4.78 is 10.9. The van der Waals surface area contributed by atoms with E-state index in [2.05, 4.69) is 4.98 Å². The molecule has 0 saturated carbocycles. The van der Waals surface area contributed by atoms with Crippen LogP contribution in [0.3, 0.4) is 0 Å². The van der Waals surface area contributed by atoms with Gasteiger partial charge in [-0.2, -0.15) is 0 Å². The van der Waals surface area contributed by atoms with Crippen LogP contribution in [0.5, 0.6) is 5.75 Å². The average Bonchev–Trinajstić information content (AvgIpc) is 2.91. The van der Waals surface area contributed by atoms with Crippen LogP contribution in [0, 0.1) is 0 Å². The number of aromatic nitrogens is 1. The van der Waals surface area contributed by atoms with Gasteiger partial charge in [-0.15, -0.1) is 0 Å². The lowest BCUT2D eigenvalue weighted by Crippen LogP contribution is -2.60. The molecule has 5 atom stereocenters. The first-order valence-electron chi connectivity index (χ1n) is 6.65. The van der Waals surface area contributed by atoms with E-state index < -0.39 is 37.3 Å². The Morgan fingerprint density at radius 2 is 1.90 bits per heavy atom. The van der Waals surface area contributed by atoms with Crippen molar-refractivity contribution in [3.63, 3.8) is 0 Å². The summed E-state index contributed by atoms with van der Waals surface area (Å²) in [4.78, 5) is 3.01. The molecular weight excluding hydrogens is 278 g/mol. The molecule has 21 heavy (non-hydrogen) atoms. The number of aliphatic hydroxyl groups is 4. The van der Waals surface area contributed by atoms with Crippen LogP contribution in [-0.4, -0.2) is 62.7 Å². The van der Waals surface area contributed by atoms with Crippen molar-refractivity contribution in [1.29, 1.82) is 0 Å². The Kier molecular flexibility index (Phi) is 3.83. The van der Waals surface area contributed by atoms with Crippen molar-refractivity contribution < 1.29 is 31.3 Å². The second-order valence-electron chi connectivity index (χ2n) is 5.01. The van der Waals surface area contributed by atoms with E-state index in [1.54, 1.807) is 6.20 Å². The van der Waals surface area contributed by atoms with Gasteiger partial charge in [0.1, 0.15) is 30.2 Å². The van der Waals surface area contributed by atoms with Crippen molar-refractivity contribution in [3.8, 4) is 5.75 Å². The fraction of sp³-hybridized carbons (Fsp3) is 0.429. The molecule has 2 aromatic rings. The van der Waals surface area contributed by atoms with Gasteiger partial charge in [0.15, 0.2) is 0 Å². The molecule has 7 heteroatoms. The van der Waals surface area contributed by atoms with Crippen LogP contribution < -0.4 is 4.74 Å². The van der Waals surface area contributed by atoms with Gasteiger partial charge in [0, 0.05) is 18.5 Å². The van der Waals surface area contributed by atoms with Gasteiger partial charge >= 0.3 is 0 Å². The molecular formula is C14H19NO6. The minimum Gasteiger partial charge on any atom is -0.460 e. The molecule has 3 rings (SSSR count). The third-order valence-electron chi connectivity index (χ3n) is 3.64. The van der Waals surface area contributed by atoms with Gasteiger partial charge in [-0.05, 0) is 12.1 Å². The van der Waals surface area contributed by atoms with E-state index in [1.807, 2.05) is 24.3 Å². The maximum absolute atomic E-state index is 9.94. The van der Waals surface area contributed by atoms with Gasteiger partial charge in [0.25, 0.3) is 0 Å². The maximum atomic E-state index is 9.94. The SMILES string of the molecule is OC[C@H]1O[C@@H](Oc2c[nH]c3ccccc23)[C@H](O)[C@@H](O)[C@@H]1O.[2HH]. The van der Waals surface area contributed by atoms with Gasteiger partial charge in [0.05, 0.1) is 6.61 Å². The number of fused-ring (bicyclic) bond motifs is 1. The Hall–Kier alpha value is -1.64. The third kappa shape index (κ3) is 2.50. The van der Waals surface area contributed by atoms with E-state index in [1.165, 1.54) is 0 Å². The second kappa shape index (κ2) is 5.63. The first kappa shape index (κ1) is 14.3. The Bertz CT molecular complexity index is 618. The summed E-state index contributed by atoms with van der Waals surface area (Å²) in [6.07, 6.45) is -4.82. The van der Waals surface area contributed by atoms with E-state index >= 15 is 0 Å². The van der Waals surface area contributed by atoms with Crippen molar-refractivity contribution in [2.45, 2.75) is 30.7 Å². The molecule has 0 amide bonds. The quantitative estimate of drug-likeness (QED) is 0.526. The zero-order chi connectivity index (χ0) is 15.0. The van der Waals surface area contributed by atoms with E-state index in [9.17, 15) is 15.3 Å². The average molecular weight is 298 g/mol. The first-order valence-corrected chi connectivity index (χ1v) is 6.65. The largest absolute Gasteiger partial charge is 0.460 e. The highest BCUT2D eigenvalue weighted by Gasteiger charge is 2.44. The Labute approximate surface area is 121 Å². The molecule has 1 aliphatic heterocycles. The number of para-hydroxylation sites is 1. The van der Waals surface area contributed by atoms with Crippen LogP contribution in [0.4, 0.5) is 0 Å². The summed E-state index contributed by atoms with van der Waals surface area (Å²) in [7, 11) is 0. The molecule has 1 saturated heterocycles. The number of H-pyrrole nitrogens is 1. The molecule has 0 aliphatic carbocycles. The molecule has 116 valence electrons. The Morgan fingerprint density at radius 3 is 2.67 bits per heavy atom. The van der Waals surface area contributed by atoms with E-state index in [0.29, 0.717) is 5.75 Å². The molecule has 5 N–H and O–H groups in total. The number of nitrogens with one attached hydrogen (secondary N) is 1. The van der Waals surface area contributed by atoms with Gasteiger partial charge < -0.3 is 34.9 Å². The van der Waals surface area contributed by atoms with Crippen molar-refractivity contribution in [1.82, 2.24) is 4.98 Å². The highest BCUT2D eigenvalue weighted by molar-refractivity contribution is 5.85. The molecule has 7 nitrogen and oxygen atoms in total. The van der Waals surface area contributed by atoms with Gasteiger partial charge in [-0.1, -0.05) is 12.1 Å². The Morgan fingerprint density at radius 1 is 1.14 bits per heavy atom. The predicted molar refractivity (Wildman–Crippen MR) is 74.8 cm³/mol. The summed E-state index contributed by atoms with van der Waals surface area (Å²) in [5.41, 5.74) is 0.858. The summed E-state index contributed by atoms with van der Waals surface area (Å²) in [6.45, 7) is -0.487. The molecule has 0 spiro atoms. The van der Waals surface area contributed by atoms with Crippen LogP contribution in [0.1, 0.15) is 1.43 Å². The summed E-state index contributed by atoms with van der Waals surface area (Å²) in [6, 6.07) is 7.42. The van der Waals surface area contributed by atoms with Gasteiger partial charge in [-0.3, -0.25) is 0 Å². The zero-order valence-corrected chi connectivity index (χ0v) is 11.1. The number of rotatable bonds is 3. The smallest absolute Gasteiger partial charge is 0.229 e. The van der Waals surface area contributed by atoms with Crippen LogP contribution in [-0.2, 0) is 4.74 Å². The zero-order valence-electron chi connectivity index (χ0n) is 11.1. The van der Waals surface area contributed by atoms with Gasteiger partial charge in [0.2, 0.25) is 6.29 Å². The lowest BCUT2D eigenvalue weighted by atomic mass is 9.99. The summed E-state index contributed by atoms with van der Waals surface area (Å²) in [5, 5.41) is 39.3. The maximum Gasteiger partial charge on any atom is 0.229 e. The molecule has 1 fully saturated rings. The normalized spacial score (nSPS) is 33.2. The topological polar surface area (TPSA) is 115 Å². The first-order chi connectivity index (χ1) is 10.1. The number of aromatic amines is 1. The van der Waals surface area contributed by atoms with Crippen molar-refractivity contribution in [3.05, 3.63) is 30.5 Å². The third-order valence-corrected chi connectivity index (χ3v) is 3.64. The summed E-state index contributed by atoms with van der Waals surface area (Å²) in [5.74, 6) is 0.454. The van der Waals surface area contributed by atoms with Crippen LogP contribution in [0.25, 0.3) is 10.9 Å². The minimum absolute atomic E-state index is 0. The van der Waals surface area contributed by atoms with E-state index in [-0.39, 0.29) is 1.43 Å². The van der Waals surface area contributed by atoms with Crippen molar-refractivity contribution >= 4 is 10.9 Å². The number of aliphatic hydroxyl groups excluding tert-OH is 4. The fourth-order valence-corrected chi connectivity index (χ4v) is 2.43. The molecule has 1 aliphatic rings. The van der Waals surface area contributed by atoms with Crippen molar-refractivity contribution in [2.24, 2.45) is 0 Å². The monoisotopic (exact) mass is 298 g/mol. The molecule has 2 heterocycles. The number of ether oxygens (including phenoxy) is 2. The molecule has 1 aromatic heterocycles. The van der Waals surface area contributed by atoms with Crippen molar-refractivity contribution in [2.75, 3.05) is 6.61 Å². The Balaban J connectivity index is 0.00000176. The second-order valence-corrected chi connectivity index (χ2v) is 5.01. The highest BCUT2D eigenvalue weighted by atomic mass is 16.7. The lowest BCUT2D eigenvalue weighted by molar-refractivity contribution is -0.277. The van der Waals surface area contributed by atoms with Crippen LogP contribution in [0.2, 0.25) is 0 Å². The van der Waals surface area contributed by atoms with Crippen LogP contribution in [0.15, 0.2) is 30.5 Å². The van der Waals surface area contributed by atoms with Crippen LogP contribution >= 0.6 is 0 Å². The van der Waals surface area contributed by atoms with E-state index in [0.717, 1.165) is 10.9 Å². The summed E-state index contributed by atoms with van der Waals surface area (Å²) >= 11 is 0. The fourth-order valence-electron chi connectivity index (χ4n) is 2.43. The number of hydrogen-bond donors (Lipinski definition) is 5. The minimum atomic E-state index is -1.45. The van der Waals surface area contributed by atoms with Gasteiger partial charge in [-0.25, -0.2) is 0 Å². The lowest BCUT2D eigenvalue weighted by Gasteiger charge is -2.39. The van der Waals surface area contributed by atoms with E-state index in [4.69, 9.17) is 14.6 Å². The molecule has 0 bridgehead atoms. The molecule has 0 unspecified atom stereocenters. The highest BCUT2D eigenvalue weighted by Crippen LogP contribution is 2.29. The predicted octanol–water partition coefficient (Wildman–Crippen LogP) is -0.407. The number of benzene rings is 1.